The number of aryl methyl sites for hydroxylation is 2. The molecule has 8 nitrogen and oxygen atoms in total. The molecule has 1 fully saturated rings. The third kappa shape index (κ3) is 4.24. The minimum Gasteiger partial charge on any atom is -0.382 e. The molecular weight excluding hydrogens is 440 g/mol. The maximum Gasteiger partial charge on any atom is 0.276 e. The van der Waals surface area contributed by atoms with Crippen molar-refractivity contribution in [3.63, 3.8) is 0 Å². The number of amides is 2. The van der Waals surface area contributed by atoms with Crippen molar-refractivity contribution < 1.29 is 9.59 Å². The molecule has 8 heteroatoms. The van der Waals surface area contributed by atoms with E-state index in [1.54, 1.807) is 4.90 Å². The number of anilines is 3. The second-order valence-electron chi connectivity index (χ2n) is 9.50. The highest BCUT2D eigenvalue weighted by atomic mass is 16.2. The third-order valence-corrected chi connectivity index (χ3v) is 7.29. The third-order valence-electron chi connectivity index (χ3n) is 7.29. The van der Waals surface area contributed by atoms with Crippen LogP contribution < -0.4 is 15.5 Å². The van der Waals surface area contributed by atoms with Crippen molar-refractivity contribution in [2.75, 3.05) is 48.3 Å². The van der Waals surface area contributed by atoms with Gasteiger partial charge in [0, 0.05) is 49.7 Å². The number of fused-ring (bicyclic) bond motifs is 1. The number of piperazine rings is 1. The first-order valence-corrected chi connectivity index (χ1v) is 12.2. The van der Waals surface area contributed by atoms with Gasteiger partial charge in [-0.15, -0.1) is 0 Å². The summed E-state index contributed by atoms with van der Waals surface area (Å²) in [5, 5.41) is 4.39. The summed E-state index contributed by atoms with van der Waals surface area (Å²) in [6, 6.07) is 14.2. The maximum atomic E-state index is 13.4. The fourth-order valence-electron chi connectivity index (χ4n) is 5.04. The molecule has 35 heavy (non-hydrogen) atoms. The molecule has 182 valence electrons. The highest BCUT2D eigenvalue weighted by Gasteiger charge is 2.33. The van der Waals surface area contributed by atoms with Gasteiger partial charge in [0.1, 0.15) is 18.1 Å². The molecule has 3 aromatic rings. The Morgan fingerprint density at radius 1 is 0.971 bits per heavy atom. The molecule has 2 amide bonds. The number of nitrogen functional groups attached to an aromatic ring is 1. The molecule has 1 saturated heterocycles. The highest BCUT2D eigenvalue weighted by Crippen LogP contribution is 2.28. The van der Waals surface area contributed by atoms with Gasteiger partial charge in [0.25, 0.3) is 5.91 Å². The van der Waals surface area contributed by atoms with Gasteiger partial charge < -0.3 is 20.4 Å². The monoisotopic (exact) mass is 472 g/mol. The number of rotatable bonds is 4. The molecule has 0 bridgehead atoms. The molecule has 0 radical (unpaired) electrons. The predicted molar refractivity (Wildman–Crippen MR) is 138 cm³/mol. The first-order chi connectivity index (χ1) is 16.8. The van der Waals surface area contributed by atoms with Crippen molar-refractivity contribution in [2.24, 2.45) is 0 Å². The molecule has 1 aromatic heterocycles. The Hall–Kier alpha value is -3.81. The molecule has 0 spiro atoms. The Bertz CT molecular complexity index is 1270. The number of hydrogen-bond donors (Lipinski definition) is 1. The predicted octanol–water partition coefficient (Wildman–Crippen LogP) is 2.94. The summed E-state index contributed by atoms with van der Waals surface area (Å²) in [6.45, 7) is 9.65. The number of hydrogen-bond acceptors (Lipinski definition) is 5. The molecule has 3 heterocycles. The lowest BCUT2D eigenvalue weighted by molar-refractivity contribution is -0.132. The van der Waals surface area contributed by atoms with E-state index in [0.29, 0.717) is 37.6 Å². The summed E-state index contributed by atoms with van der Waals surface area (Å²) in [4.78, 5) is 32.6. The smallest absolute Gasteiger partial charge is 0.276 e. The van der Waals surface area contributed by atoms with E-state index in [1.165, 1.54) is 21.5 Å². The van der Waals surface area contributed by atoms with Crippen LogP contribution in [-0.2, 0) is 17.8 Å². The standard InChI is InChI=1S/C27H32N6O2/c1-18-7-9-21(10-8-18)32-12-11-22-25(27(32)35)33(29-26(22)28)17-24(34)31-15-13-30(14-16-31)23-6-4-5-19(2)20(23)3/h4-10H,11-17H2,1-3H3,(H2,28,29). The van der Waals surface area contributed by atoms with Crippen LogP contribution in [0, 0.1) is 20.8 Å². The van der Waals surface area contributed by atoms with E-state index in [9.17, 15) is 9.59 Å². The molecule has 2 aliphatic heterocycles. The van der Waals surface area contributed by atoms with Gasteiger partial charge >= 0.3 is 0 Å². The van der Waals surface area contributed by atoms with Crippen LogP contribution in [0.3, 0.4) is 0 Å². The summed E-state index contributed by atoms with van der Waals surface area (Å²) in [5.41, 5.74) is 13.1. The number of nitrogens with zero attached hydrogens (tertiary/aromatic N) is 5. The summed E-state index contributed by atoms with van der Waals surface area (Å²) in [6.07, 6.45) is 0.615. The van der Waals surface area contributed by atoms with Crippen molar-refractivity contribution >= 4 is 29.0 Å². The maximum absolute atomic E-state index is 13.4. The molecular formula is C27H32N6O2. The van der Waals surface area contributed by atoms with Gasteiger partial charge in [0.05, 0.1) is 0 Å². The lowest BCUT2D eigenvalue weighted by Gasteiger charge is -2.37. The van der Waals surface area contributed by atoms with Gasteiger partial charge in [-0.25, -0.2) is 4.68 Å². The van der Waals surface area contributed by atoms with Crippen LogP contribution in [0.4, 0.5) is 17.2 Å². The zero-order valence-corrected chi connectivity index (χ0v) is 20.6. The van der Waals surface area contributed by atoms with Gasteiger partial charge in [-0.1, -0.05) is 29.8 Å². The first kappa shape index (κ1) is 23.0. The fourth-order valence-corrected chi connectivity index (χ4v) is 5.04. The second kappa shape index (κ2) is 9.09. The number of carbonyl (C=O) groups excluding carboxylic acids is 2. The molecule has 0 saturated carbocycles. The Labute approximate surface area is 205 Å². The average Bonchev–Trinajstić information content (AvgIpc) is 3.17. The van der Waals surface area contributed by atoms with Crippen molar-refractivity contribution in [2.45, 2.75) is 33.7 Å². The van der Waals surface area contributed by atoms with E-state index < -0.39 is 0 Å². The Morgan fingerprint density at radius 3 is 2.40 bits per heavy atom. The quantitative estimate of drug-likeness (QED) is 0.631. The van der Waals surface area contributed by atoms with Crippen LogP contribution in [0.25, 0.3) is 0 Å². The van der Waals surface area contributed by atoms with Crippen LogP contribution >= 0.6 is 0 Å². The fraction of sp³-hybridized carbons (Fsp3) is 0.370. The largest absolute Gasteiger partial charge is 0.382 e. The average molecular weight is 473 g/mol. The Kier molecular flexibility index (Phi) is 5.96. The minimum absolute atomic E-state index is 0.0104. The number of nitrogens with two attached hydrogens (primary N) is 1. The van der Waals surface area contributed by atoms with Gasteiger partial charge in [0.2, 0.25) is 5.91 Å². The molecule has 0 unspecified atom stereocenters. The van der Waals surface area contributed by atoms with Crippen molar-refractivity contribution in [1.29, 1.82) is 0 Å². The van der Waals surface area contributed by atoms with Crippen LogP contribution in [0.15, 0.2) is 42.5 Å². The van der Waals surface area contributed by atoms with E-state index in [4.69, 9.17) is 5.73 Å². The lowest BCUT2D eigenvalue weighted by atomic mass is 10.0. The van der Waals surface area contributed by atoms with Crippen LogP contribution in [0.5, 0.6) is 0 Å². The summed E-state index contributed by atoms with van der Waals surface area (Å²) >= 11 is 0. The van der Waals surface area contributed by atoms with Crippen molar-refractivity contribution in [3.05, 3.63) is 70.4 Å². The Balaban J connectivity index is 1.29. The number of aromatic nitrogens is 2. The second-order valence-corrected chi connectivity index (χ2v) is 9.50. The van der Waals surface area contributed by atoms with E-state index in [2.05, 4.69) is 42.0 Å². The van der Waals surface area contributed by atoms with E-state index in [0.717, 1.165) is 29.9 Å². The summed E-state index contributed by atoms with van der Waals surface area (Å²) in [5.74, 6) is 0.132. The molecule has 0 aliphatic carbocycles. The molecule has 0 atom stereocenters. The zero-order valence-electron chi connectivity index (χ0n) is 20.6. The number of carbonyl (C=O) groups is 2. The molecule has 2 aliphatic rings. The SMILES string of the molecule is Cc1ccc(N2CCc3c(N)nn(CC(=O)N4CCN(c5cccc(C)c5C)CC4)c3C2=O)cc1. The van der Waals surface area contributed by atoms with Crippen LogP contribution in [0.2, 0.25) is 0 Å². The van der Waals surface area contributed by atoms with Crippen LogP contribution in [-0.4, -0.2) is 59.2 Å². The zero-order chi connectivity index (χ0) is 24.7. The van der Waals surface area contributed by atoms with Crippen molar-refractivity contribution in [3.8, 4) is 0 Å². The Morgan fingerprint density at radius 2 is 1.69 bits per heavy atom. The van der Waals surface area contributed by atoms with Gasteiger partial charge in [-0.05, 0) is 56.5 Å². The summed E-state index contributed by atoms with van der Waals surface area (Å²) in [7, 11) is 0. The van der Waals surface area contributed by atoms with Crippen LogP contribution in [0.1, 0.15) is 32.7 Å². The van der Waals surface area contributed by atoms with E-state index in [1.807, 2.05) is 36.1 Å². The minimum atomic E-state index is -0.160. The molecule has 2 N–H and O–H groups in total. The topological polar surface area (TPSA) is 87.7 Å². The molecule has 2 aromatic carbocycles. The van der Waals surface area contributed by atoms with Crippen molar-refractivity contribution in [1.82, 2.24) is 14.7 Å². The highest BCUT2D eigenvalue weighted by molar-refractivity contribution is 6.08. The first-order valence-electron chi connectivity index (χ1n) is 12.2. The summed E-state index contributed by atoms with van der Waals surface area (Å²) < 4.78 is 1.51. The van der Waals surface area contributed by atoms with E-state index in [-0.39, 0.29) is 18.4 Å². The van der Waals surface area contributed by atoms with Gasteiger partial charge in [0.15, 0.2) is 0 Å². The normalized spacial score (nSPS) is 16.0. The van der Waals surface area contributed by atoms with Gasteiger partial charge in [-0.2, -0.15) is 5.10 Å². The van der Waals surface area contributed by atoms with Gasteiger partial charge in [-0.3, -0.25) is 9.59 Å². The lowest BCUT2D eigenvalue weighted by Crippen LogP contribution is -2.50. The molecule has 5 rings (SSSR count). The van der Waals surface area contributed by atoms with E-state index >= 15 is 0 Å². The number of benzene rings is 2.